The third-order valence-electron chi connectivity index (χ3n) is 1.32. The topological polar surface area (TPSA) is 101 Å². The molecule has 1 aromatic heterocycles. The van der Waals surface area contributed by atoms with Crippen molar-refractivity contribution in [2.24, 2.45) is 5.84 Å². The third-order valence-corrected chi connectivity index (χ3v) is 1.32. The van der Waals surface area contributed by atoms with Crippen LogP contribution in [0.3, 0.4) is 0 Å². The second-order valence-corrected chi connectivity index (χ2v) is 2.16. The highest BCUT2D eigenvalue weighted by atomic mass is 16.2. The van der Waals surface area contributed by atoms with Crippen LogP contribution in [-0.2, 0) is 11.2 Å². The molecule has 0 radical (unpaired) electrons. The molecule has 0 saturated heterocycles. The number of rotatable bonds is 2. The maximum atomic E-state index is 10.9. The summed E-state index contributed by atoms with van der Waals surface area (Å²) in [6, 6.07) is 1.47. The van der Waals surface area contributed by atoms with Crippen LogP contribution in [-0.4, -0.2) is 16.1 Å². The molecule has 0 spiro atoms. The minimum Gasteiger partial charge on any atom is -0.294 e. The van der Waals surface area contributed by atoms with Crippen molar-refractivity contribution in [2.75, 3.05) is 0 Å². The molecule has 1 heterocycles. The Morgan fingerprint density at radius 1 is 1.75 bits per heavy atom. The zero-order chi connectivity index (χ0) is 8.97. The van der Waals surface area contributed by atoms with Gasteiger partial charge in [0.05, 0.1) is 6.42 Å². The summed E-state index contributed by atoms with van der Waals surface area (Å²) in [5.41, 5.74) is 1.90. The van der Waals surface area contributed by atoms with Gasteiger partial charge < -0.3 is 0 Å². The number of nitrogens with one attached hydrogen (secondary N) is 2. The highest BCUT2D eigenvalue weighted by Crippen LogP contribution is 1.87. The van der Waals surface area contributed by atoms with Crippen LogP contribution >= 0.6 is 0 Å². The van der Waals surface area contributed by atoms with Crippen molar-refractivity contribution >= 4 is 5.91 Å². The van der Waals surface area contributed by atoms with E-state index in [-0.39, 0.29) is 12.0 Å². The van der Waals surface area contributed by atoms with Gasteiger partial charge in [0.2, 0.25) is 5.91 Å². The number of nitrogens with zero attached hydrogens (tertiary/aromatic N) is 1. The Kier molecular flexibility index (Phi) is 2.54. The van der Waals surface area contributed by atoms with Crippen LogP contribution in [0, 0.1) is 0 Å². The summed E-state index contributed by atoms with van der Waals surface area (Å²) < 4.78 is 0. The number of amides is 1. The highest BCUT2D eigenvalue weighted by Gasteiger charge is 2.03. The molecule has 4 N–H and O–H groups in total. The van der Waals surface area contributed by atoms with E-state index in [0.29, 0.717) is 5.56 Å². The molecule has 1 amide bonds. The predicted octanol–water partition coefficient (Wildman–Crippen LogP) is -1.70. The van der Waals surface area contributed by atoms with E-state index in [0.717, 1.165) is 0 Å². The number of H-pyrrole nitrogens is 1. The minimum absolute atomic E-state index is 0.0334. The van der Waals surface area contributed by atoms with Crippen LogP contribution in [0.2, 0.25) is 0 Å². The molecule has 1 rings (SSSR count). The number of hydrogen-bond acceptors (Lipinski definition) is 4. The Hall–Kier alpha value is -1.69. The average molecular weight is 168 g/mol. The van der Waals surface area contributed by atoms with Crippen LogP contribution in [0.25, 0.3) is 0 Å². The van der Waals surface area contributed by atoms with Gasteiger partial charge in [-0.15, -0.1) is 0 Å². The van der Waals surface area contributed by atoms with E-state index in [1.54, 1.807) is 0 Å². The van der Waals surface area contributed by atoms with Gasteiger partial charge >= 0.3 is 0 Å². The van der Waals surface area contributed by atoms with Gasteiger partial charge in [-0.1, -0.05) is 0 Å². The first kappa shape index (κ1) is 8.41. The second-order valence-electron chi connectivity index (χ2n) is 2.16. The predicted molar refractivity (Wildman–Crippen MR) is 40.9 cm³/mol. The van der Waals surface area contributed by atoms with Crippen molar-refractivity contribution in [1.29, 1.82) is 0 Å². The first-order valence-corrected chi connectivity index (χ1v) is 3.26. The minimum atomic E-state index is -0.410. The number of carbonyl (C=O) groups excluding carboxylic acids is 1. The SMILES string of the molecule is NNC(=O)Cc1ccn[nH]c1=O. The standard InChI is InChI=1S/C6H8N4O2/c7-9-5(11)3-4-1-2-8-10-6(4)12/h1-2H,3,7H2,(H,9,11)(H,10,12). The second kappa shape index (κ2) is 3.63. The lowest BCUT2D eigenvalue weighted by atomic mass is 10.2. The van der Waals surface area contributed by atoms with Crippen LogP contribution in [0.15, 0.2) is 17.1 Å². The van der Waals surface area contributed by atoms with E-state index < -0.39 is 5.91 Å². The molecule has 0 aliphatic heterocycles. The molecule has 0 aliphatic carbocycles. The number of carbonyl (C=O) groups is 1. The molecular weight excluding hydrogens is 160 g/mol. The van der Waals surface area contributed by atoms with Gasteiger partial charge in [0, 0.05) is 11.8 Å². The fraction of sp³-hybridized carbons (Fsp3) is 0.167. The highest BCUT2D eigenvalue weighted by molar-refractivity contribution is 5.77. The largest absolute Gasteiger partial charge is 0.294 e. The van der Waals surface area contributed by atoms with Crippen molar-refractivity contribution in [1.82, 2.24) is 15.6 Å². The fourth-order valence-corrected chi connectivity index (χ4v) is 0.734. The normalized spacial score (nSPS) is 9.42. The van der Waals surface area contributed by atoms with Gasteiger partial charge in [0.1, 0.15) is 0 Å². The Morgan fingerprint density at radius 2 is 2.50 bits per heavy atom. The number of aromatic amines is 1. The molecule has 6 heteroatoms. The molecule has 12 heavy (non-hydrogen) atoms. The van der Waals surface area contributed by atoms with E-state index >= 15 is 0 Å². The summed E-state index contributed by atoms with van der Waals surface area (Å²) in [6.07, 6.45) is 1.37. The fourth-order valence-electron chi connectivity index (χ4n) is 0.734. The van der Waals surface area contributed by atoms with Crippen LogP contribution in [0.4, 0.5) is 0 Å². The number of nitrogens with two attached hydrogens (primary N) is 1. The van der Waals surface area contributed by atoms with Gasteiger partial charge in [-0.05, 0) is 6.07 Å². The Bertz CT molecular complexity index is 332. The number of hydrazine groups is 1. The molecule has 0 unspecified atom stereocenters. The van der Waals surface area contributed by atoms with E-state index in [9.17, 15) is 9.59 Å². The molecule has 0 aliphatic rings. The summed E-state index contributed by atoms with van der Waals surface area (Å²) in [5, 5.41) is 5.68. The summed E-state index contributed by atoms with van der Waals surface area (Å²) in [5.74, 6) is 4.43. The van der Waals surface area contributed by atoms with Crippen LogP contribution in [0.1, 0.15) is 5.56 Å². The van der Waals surface area contributed by atoms with E-state index in [2.05, 4.69) is 10.2 Å². The van der Waals surface area contributed by atoms with E-state index in [1.807, 2.05) is 5.43 Å². The molecule has 0 saturated carbocycles. The quantitative estimate of drug-likeness (QED) is 0.278. The van der Waals surface area contributed by atoms with Crippen LogP contribution in [0.5, 0.6) is 0 Å². The lowest BCUT2D eigenvalue weighted by Gasteiger charge is -1.96. The van der Waals surface area contributed by atoms with Gasteiger partial charge in [-0.2, -0.15) is 5.10 Å². The van der Waals surface area contributed by atoms with E-state index in [4.69, 9.17) is 5.84 Å². The Balaban J connectivity index is 2.83. The van der Waals surface area contributed by atoms with Crippen molar-refractivity contribution in [3.63, 3.8) is 0 Å². The van der Waals surface area contributed by atoms with Gasteiger partial charge in [0.25, 0.3) is 5.56 Å². The average Bonchev–Trinajstić information content (AvgIpc) is 2.09. The van der Waals surface area contributed by atoms with Crippen molar-refractivity contribution in [2.45, 2.75) is 6.42 Å². The lowest BCUT2D eigenvalue weighted by Crippen LogP contribution is -2.33. The monoisotopic (exact) mass is 168 g/mol. The van der Waals surface area contributed by atoms with Crippen molar-refractivity contribution < 1.29 is 4.79 Å². The zero-order valence-electron chi connectivity index (χ0n) is 6.20. The molecule has 64 valence electrons. The molecule has 6 nitrogen and oxygen atoms in total. The first-order valence-electron chi connectivity index (χ1n) is 3.26. The number of hydrogen-bond donors (Lipinski definition) is 3. The van der Waals surface area contributed by atoms with E-state index in [1.165, 1.54) is 12.3 Å². The Morgan fingerprint density at radius 3 is 3.08 bits per heavy atom. The third kappa shape index (κ3) is 1.89. The Labute approximate surface area is 67.8 Å². The molecule has 0 fully saturated rings. The van der Waals surface area contributed by atoms with Crippen LogP contribution < -0.4 is 16.8 Å². The molecule has 0 bridgehead atoms. The summed E-state index contributed by atoms with van der Waals surface area (Å²) in [6.45, 7) is 0. The molecule has 0 aromatic carbocycles. The van der Waals surface area contributed by atoms with Crippen molar-refractivity contribution in [3.8, 4) is 0 Å². The smallest absolute Gasteiger partial charge is 0.267 e. The maximum absolute atomic E-state index is 10.9. The molecule has 0 atom stereocenters. The van der Waals surface area contributed by atoms with Crippen molar-refractivity contribution in [3.05, 3.63) is 28.2 Å². The first-order chi connectivity index (χ1) is 5.74. The zero-order valence-corrected chi connectivity index (χ0v) is 6.20. The summed E-state index contributed by atoms with van der Waals surface area (Å²) >= 11 is 0. The molecule has 1 aromatic rings. The van der Waals surface area contributed by atoms with Gasteiger partial charge in [-0.25, -0.2) is 10.9 Å². The summed E-state index contributed by atoms with van der Waals surface area (Å²) in [4.78, 5) is 21.7. The number of aromatic nitrogens is 2. The lowest BCUT2D eigenvalue weighted by molar-refractivity contribution is -0.120. The maximum Gasteiger partial charge on any atom is 0.267 e. The molecular formula is C6H8N4O2. The summed E-state index contributed by atoms with van der Waals surface area (Å²) in [7, 11) is 0. The van der Waals surface area contributed by atoms with Gasteiger partial charge in [0.15, 0.2) is 0 Å². The van der Waals surface area contributed by atoms with Gasteiger partial charge in [-0.3, -0.25) is 15.0 Å².